The van der Waals surface area contributed by atoms with E-state index in [1.165, 1.54) is 61.5 Å². The Hall–Kier alpha value is -0.340. The molecule has 20 heavy (non-hydrogen) atoms. The van der Waals surface area contributed by atoms with Gasteiger partial charge in [0.1, 0.15) is 0 Å². The average Bonchev–Trinajstić information content (AvgIpc) is 2.74. The Kier molecular flexibility index (Phi) is 7.09. The Morgan fingerprint density at radius 2 is 1.75 bits per heavy atom. The lowest BCUT2D eigenvalue weighted by Gasteiger charge is -2.26. The van der Waals surface area contributed by atoms with Crippen LogP contribution < -0.4 is 5.32 Å². The van der Waals surface area contributed by atoms with Gasteiger partial charge in [0.05, 0.1) is 0 Å². The molecule has 0 bridgehead atoms. The fourth-order valence-corrected chi connectivity index (χ4v) is 3.71. The normalized spacial score (nSPS) is 18.7. The van der Waals surface area contributed by atoms with Crippen molar-refractivity contribution in [1.29, 1.82) is 0 Å². The van der Waals surface area contributed by atoms with E-state index in [1.807, 2.05) is 0 Å². The molecule has 0 heterocycles. The molecule has 0 aliphatic heterocycles. The molecule has 1 aromatic carbocycles. The predicted octanol–water partition coefficient (Wildman–Crippen LogP) is 5.19. The molecule has 0 spiro atoms. The standard InChI is InChI=1S/C18H28BrN/c1-2-20-14-17(16-7-5-3-4-6-8-16)13-15-9-11-18(19)12-10-15/h9-12,16-17,20H,2-8,13-14H2,1H3. The van der Waals surface area contributed by atoms with Gasteiger partial charge in [-0.25, -0.2) is 0 Å². The van der Waals surface area contributed by atoms with Crippen LogP contribution >= 0.6 is 15.9 Å². The van der Waals surface area contributed by atoms with Gasteiger partial charge in [0.2, 0.25) is 0 Å². The van der Waals surface area contributed by atoms with E-state index in [0.29, 0.717) is 0 Å². The Bertz CT molecular complexity index is 366. The van der Waals surface area contributed by atoms with Gasteiger partial charge in [0, 0.05) is 4.47 Å². The van der Waals surface area contributed by atoms with E-state index in [0.717, 1.165) is 18.4 Å². The highest BCUT2D eigenvalue weighted by Crippen LogP contribution is 2.31. The maximum atomic E-state index is 3.59. The molecule has 1 unspecified atom stereocenters. The number of rotatable bonds is 6. The van der Waals surface area contributed by atoms with Crippen molar-refractivity contribution in [2.45, 2.75) is 51.9 Å². The van der Waals surface area contributed by atoms with Crippen LogP contribution in [0.5, 0.6) is 0 Å². The molecule has 1 fully saturated rings. The van der Waals surface area contributed by atoms with E-state index in [9.17, 15) is 0 Å². The van der Waals surface area contributed by atoms with Crippen LogP contribution in [0, 0.1) is 11.8 Å². The summed E-state index contributed by atoms with van der Waals surface area (Å²) in [5.74, 6) is 1.72. The van der Waals surface area contributed by atoms with Crippen LogP contribution in [0.25, 0.3) is 0 Å². The highest BCUT2D eigenvalue weighted by atomic mass is 79.9. The van der Waals surface area contributed by atoms with Crippen LogP contribution in [-0.2, 0) is 6.42 Å². The smallest absolute Gasteiger partial charge is 0.0175 e. The largest absolute Gasteiger partial charge is 0.317 e. The second-order valence-corrected chi connectivity index (χ2v) is 7.07. The first kappa shape index (κ1) is 16.0. The minimum Gasteiger partial charge on any atom is -0.317 e. The third-order valence-electron chi connectivity index (χ3n) is 4.63. The molecule has 0 amide bonds. The lowest BCUT2D eigenvalue weighted by atomic mass is 9.82. The average molecular weight is 338 g/mol. The van der Waals surface area contributed by atoms with Gasteiger partial charge in [-0.3, -0.25) is 0 Å². The topological polar surface area (TPSA) is 12.0 Å². The maximum Gasteiger partial charge on any atom is 0.0175 e. The summed E-state index contributed by atoms with van der Waals surface area (Å²) < 4.78 is 1.18. The molecular weight excluding hydrogens is 310 g/mol. The Morgan fingerprint density at radius 1 is 1.10 bits per heavy atom. The number of halogens is 1. The summed E-state index contributed by atoms with van der Waals surface area (Å²) >= 11 is 3.53. The van der Waals surface area contributed by atoms with Crippen LogP contribution in [0.2, 0.25) is 0 Å². The Labute approximate surface area is 132 Å². The first-order chi connectivity index (χ1) is 9.79. The Morgan fingerprint density at radius 3 is 2.35 bits per heavy atom. The summed E-state index contributed by atoms with van der Waals surface area (Å²) in [7, 11) is 0. The Balaban J connectivity index is 1.99. The quantitative estimate of drug-likeness (QED) is 0.704. The molecule has 2 heteroatoms. The van der Waals surface area contributed by atoms with E-state index in [4.69, 9.17) is 0 Å². The van der Waals surface area contributed by atoms with Crippen molar-refractivity contribution >= 4 is 15.9 Å². The number of benzene rings is 1. The number of nitrogens with one attached hydrogen (secondary N) is 1. The first-order valence-electron chi connectivity index (χ1n) is 8.24. The van der Waals surface area contributed by atoms with Crippen molar-refractivity contribution < 1.29 is 0 Å². The predicted molar refractivity (Wildman–Crippen MR) is 91.1 cm³/mol. The summed E-state index contributed by atoms with van der Waals surface area (Å²) in [6.45, 7) is 4.48. The van der Waals surface area contributed by atoms with Crippen molar-refractivity contribution in [3.63, 3.8) is 0 Å². The fourth-order valence-electron chi connectivity index (χ4n) is 3.44. The van der Waals surface area contributed by atoms with Gasteiger partial charge in [-0.05, 0) is 49.0 Å². The zero-order chi connectivity index (χ0) is 14.2. The molecule has 1 atom stereocenters. The minimum atomic E-state index is 0.800. The SMILES string of the molecule is CCNCC(Cc1ccc(Br)cc1)C1CCCCCC1. The molecule has 1 aliphatic rings. The van der Waals surface area contributed by atoms with Gasteiger partial charge < -0.3 is 5.32 Å². The summed E-state index contributed by atoms with van der Waals surface area (Å²) in [6.07, 6.45) is 9.87. The molecule has 0 aromatic heterocycles. The van der Waals surface area contributed by atoms with Crippen molar-refractivity contribution in [1.82, 2.24) is 5.32 Å². The highest BCUT2D eigenvalue weighted by molar-refractivity contribution is 9.10. The van der Waals surface area contributed by atoms with Crippen LogP contribution in [0.15, 0.2) is 28.7 Å². The van der Waals surface area contributed by atoms with E-state index >= 15 is 0 Å². The fraction of sp³-hybridized carbons (Fsp3) is 0.667. The summed E-state index contributed by atoms with van der Waals surface area (Å²) in [5, 5.41) is 3.59. The lowest BCUT2D eigenvalue weighted by molar-refractivity contribution is 0.286. The molecule has 0 saturated heterocycles. The zero-order valence-corrected chi connectivity index (χ0v) is 14.3. The second kappa shape index (κ2) is 8.84. The van der Waals surface area contributed by atoms with Crippen LogP contribution in [0.4, 0.5) is 0 Å². The molecule has 0 radical (unpaired) electrons. The molecular formula is C18H28BrN. The molecule has 1 N–H and O–H groups in total. The van der Waals surface area contributed by atoms with Crippen LogP contribution in [0.3, 0.4) is 0 Å². The molecule has 1 nitrogen and oxygen atoms in total. The summed E-state index contributed by atoms with van der Waals surface area (Å²) in [6, 6.07) is 8.90. The number of hydrogen-bond acceptors (Lipinski definition) is 1. The van der Waals surface area contributed by atoms with Crippen LogP contribution in [-0.4, -0.2) is 13.1 Å². The van der Waals surface area contributed by atoms with Crippen molar-refractivity contribution in [3.05, 3.63) is 34.3 Å². The zero-order valence-electron chi connectivity index (χ0n) is 12.7. The highest BCUT2D eigenvalue weighted by Gasteiger charge is 2.22. The third-order valence-corrected chi connectivity index (χ3v) is 5.16. The van der Waals surface area contributed by atoms with Gasteiger partial charge in [-0.2, -0.15) is 0 Å². The van der Waals surface area contributed by atoms with Gasteiger partial charge in [0.25, 0.3) is 0 Å². The van der Waals surface area contributed by atoms with Crippen molar-refractivity contribution in [2.24, 2.45) is 11.8 Å². The van der Waals surface area contributed by atoms with Crippen molar-refractivity contribution in [3.8, 4) is 0 Å². The van der Waals surface area contributed by atoms with Gasteiger partial charge >= 0.3 is 0 Å². The third kappa shape index (κ3) is 5.21. The van der Waals surface area contributed by atoms with E-state index in [-0.39, 0.29) is 0 Å². The van der Waals surface area contributed by atoms with E-state index < -0.39 is 0 Å². The molecule has 112 valence electrons. The minimum absolute atomic E-state index is 0.800. The molecule has 1 saturated carbocycles. The maximum absolute atomic E-state index is 3.59. The molecule has 2 rings (SSSR count). The van der Waals surface area contributed by atoms with Crippen molar-refractivity contribution in [2.75, 3.05) is 13.1 Å². The van der Waals surface area contributed by atoms with Gasteiger partial charge in [-0.15, -0.1) is 0 Å². The second-order valence-electron chi connectivity index (χ2n) is 6.15. The van der Waals surface area contributed by atoms with Gasteiger partial charge in [0.15, 0.2) is 0 Å². The monoisotopic (exact) mass is 337 g/mol. The summed E-state index contributed by atoms with van der Waals surface area (Å²) in [4.78, 5) is 0. The lowest BCUT2D eigenvalue weighted by Crippen LogP contribution is -2.29. The first-order valence-corrected chi connectivity index (χ1v) is 9.04. The number of hydrogen-bond donors (Lipinski definition) is 1. The molecule has 1 aromatic rings. The van der Waals surface area contributed by atoms with Gasteiger partial charge in [-0.1, -0.05) is 73.5 Å². The van der Waals surface area contributed by atoms with Crippen LogP contribution in [0.1, 0.15) is 51.0 Å². The van der Waals surface area contributed by atoms with E-state index in [2.05, 4.69) is 52.4 Å². The molecule has 1 aliphatic carbocycles. The summed E-state index contributed by atoms with van der Waals surface area (Å²) in [5.41, 5.74) is 1.49. The van der Waals surface area contributed by atoms with E-state index in [1.54, 1.807) is 0 Å².